The van der Waals surface area contributed by atoms with Gasteiger partial charge in [-0.15, -0.1) is 0 Å². The molecule has 0 heterocycles. The first-order valence-electron chi connectivity index (χ1n) is 7.68. The van der Waals surface area contributed by atoms with Gasteiger partial charge < -0.3 is 5.11 Å². The molecule has 2 aromatic rings. The van der Waals surface area contributed by atoms with Gasteiger partial charge in [-0.25, -0.2) is 8.42 Å². The van der Waals surface area contributed by atoms with E-state index in [1.54, 1.807) is 6.07 Å². The van der Waals surface area contributed by atoms with Crippen molar-refractivity contribution < 1.29 is 39.9 Å². The highest BCUT2D eigenvalue weighted by Gasteiger charge is 2.71. The van der Waals surface area contributed by atoms with Crippen LogP contribution in [0.3, 0.4) is 0 Å². The van der Waals surface area contributed by atoms with Gasteiger partial charge in [0.05, 0.1) is 4.90 Å². The predicted octanol–water partition coefficient (Wildman–Crippen LogP) is 3.82. The highest BCUT2D eigenvalue weighted by Crippen LogP contribution is 2.49. The number of aliphatic hydroxyl groups is 1. The minimum atomic E-state index is -5.99. The Morgan fingerprint density at radius 3 is 1.75 bits per heavy atom. The molecule has 4 nitrogen and oxygen atoms in total. The topological polar surface area (TPSA) is 57.6 Å². The second kappa shape index (κ2) is 7.37. The summed E-state index contributed by atoms with van der Waals surface area (Å²) in [5.74, 6) is 0. The van der Waals surface area contributed by atoms with E-state index in [0.717, 1.165) is 16.4 Å². The Hall–Kier alpha value is -2.11. The maximum absolute atomic E-state index is 12.9. The van der Waals surface area contributed by atoms with E-state index >= 15 is 0 Å². The first-order chi connectivity index (χ1) is 12.7. The predicted molar refractivity (Wildman–Crippen MR) is 87.5 cm³/mol. The van der Waals surface area contributed by atoms with Gasteiger partial charge in [0.25, 0.3) is 5.60 Å². The van der Waals surface area contributed by atoms with Gasteiger partial charge in [0.1, 0.15) is 0 Å². The van der Waals surface area contributed by atoms with E-state index in [-0.39, 0.29) is 17.0 Å². The van der Waals surface area contributed by atoms with Gasteiger partial charge in [0.2, 0.25) is 10.0 Å². The Morgan fingerprint density at radius 1 is 0.857 bits per heavy atom. The van der Waals surface area contributed by atoms with Crippen molar-refractivity contribution in [2.24, 2.45) is 0 Å². The van der Waals surface area contributed by atoms with E-state index in [2.05, 4.69) is 0 Å². The maximum atomic E-state index is 12.9. The molecule has 0 aromatic heterocycles. The van der Waals surface area contributed by atoms with Crippen molar-refractivity contribution in [1.29, 1.82) is 0 Å². The van der Waals surface area contributed by atoms with Crippen LogP contribution < -0.4 is 0 Å². The molecular weight excluding hydrogens is 412 g/mol. The molecule has 2 aromatic carbocycles. The molecule has 0 unspecified atom stereocenters. The Kier molecular flexibility index (Phi) is 5.84. The summed E-state index contributed by atoms with van der Waals surface area (Å²) in [6.45, 7) is -0.298. The van der Waals surface area contributed by atoms with Gasteiger partial charge in [-0.05, 0) is 17.7 Å². The van der Waals surface area contributed by atoms with E-state index in [1.165, 1.54) is 31.3 Å². The average Bonchev–Trinajstić information content (AvgIpc) is 2.60. The fourth-order valence-electron chi connectivity index (χ4n) is 2.45. The molecule has 1 N–H and O–H groups in total. The van der Waals surface area contributed by atoms with Crippen LogP contribution in [0.5, 0.6) is 0 Å². The molecule has 0 atom stereocenters. The lowest BCUT2D eigenvalue weighted by Crippen LogP contribution is -2.53. The quantitative estimate of drug-likeness (QED) is 0.739. The molecule has 28 heavy (non-hydrogen) atoms. The van der Waals surface area contributed by atoms with E-state index in [1.807, 2.05) is 0 Å². The van der Waals surface area contributed by atoms with Crippen LogP contribution in [-0.4, -0.2) is 37.2 Å². The molecular formula is C17H15F6NO3S. The first-order valence-corrected chi connectivity index (χ1v) is 9.12. The van der Waals surface area contributed by atoms with Gasteiger partial charge in [-0.3, -0.25) is 0 Å². The smallest absolute Gasteiger partial charge is 0.369 e. The molecule has 0 saturated carbocycles. The fraction of sp³-hybridized carbons (Fsp3) is 0.294. The highest BCUT2D eigenvalue weighted by molar-refractivity contribution is 7.89. The number of sulfonamides is 1. The molecule has 0 aliphatic carbocycles. The molecule has 11 heteroatoms. The lowest BCUT2D eigenvalue weighted by atomic mass is 9.91. The summed E-state index contributed by atoms with van der Waals surface area (Å²) in [5.41, 5.74) is -6.30. The lowest BCUT2D eigenvalue weighted by molar-refractivity contribution is -0.376. The number of hydrogen-bond acceptors (Lipinski definition) is 3. The van der Waals surface area contributed by atoms with Crippen LogP contribution in [0.1, 0.15) is 11.1 Å². The summed E-state index contributed by atoms with van der Waals surface area (Å²) in [5, 5.41) is 9.35. The van der Waals surface area contributed by atoms with Crippen LogP contribution in [0.2, 0.25) is 0 Å². The van der Waals surface area contributed by atoms with Gasteiger partial charge in [-0.2, -0.15) is 30.6 Å². The largest absolute Gasteiger partial charge is 0.430 e. The summed E-state index contributed by atoms with van der Waals surface area (Å²) in [6.07, 6.45) is -12.0. The summed E-state index contributed by atoms with van der Waals surface area (Å²) < 4.78 is 103. The summed E-state index contributed by atoms with van der Waals surface area (Å²) in [6, 6.07) is 10.1. The van der Waals surface area contributed by atoms with Crippen molar-refractivity contribution >= 4 is 10.0 Å². The third-order valence-electron chi connectivity index (χ3n) is 4.05. The lowest BCUT2D eigenvalue weighted by Gasteiger charge is -2.32. The average molecular weight is 427 g/mol. The number of halogens is 6. The summed E-state index contributed by atoms with van der Waals surface area (Å²) in [7, 11) is -2.68. The van der Waals surface area contributed by atoms with Crippen LogP contribution >= 0.6 is 0 Å². The molecule has 0 spiro atoms. The van der Waals surface area contributed by atoms with Crippen LogP contribution in [0, 0.1) is 0 Å². The zero-order chi connectivity index (χ0) is 21.4. The van der Waals surface area contributed by atoms with Crippen LogP contribution in [0.4, 0.5) is 26.3 Å². The number of nitrogens with zero attached hydrogens (tertiary/aromatic N) is 1. The van der Waals surface area contributed by atoms with Crippen molar-refractivity contribution in [3.8, 4) is 0 Å². The molecule has 0 radical (unpaired) electrons. The molecule has 0 aliphatic rings. The molecule has 2 rings (SSSR count). The second-order valence-corrected chi connectivity index (χ2v) is 8.02. The van der Waals surface area contributed by atoms with Crippen molar-refractivity contribution in [3.05, 3.63) is 65.7 Å². The third-order valence-corrected chi connectivity index (χ3v) is 5.87. The maximum Gasteiger partial charge on any atom is 0.430 e. The van der Waals surface area contributed by atoms with Gasteiger partial charge in [-0.1, -0.05) is 42.5 Å². The number of alkyl halides is 6. The van der Waals surface area contributed by atoms with Crippen LogP contribution in [0.15, 0.2) is 59.5 Å². The van der Waals surface area contributed by atoms with Gasteiger partial charge in [0, 0.05) is 19.2 Å². The minimum Gasteiger partial charge on any atom is -0.369 e. The normalized spacial score (nSPS) is 13.8. The molecule has 154 valence electrons. The van der Waals surface area contributed by atoms with E-state index in [4.69, 9.17) is 0 Å². The number of benzene rings is 2. The molecule has 0 saturated heterocycles. The van der Waals surface area contributed by atoms with Crippen LogP contribution in [0.25, 0.3) is 0 Å². The Labute approximate surface area is 157 Å². The van der Waals surface area contributed by atoms with Crippen LogP contribution in [-0.2, 0) is 22.2 Å². The van der Waals surface area contributed by atoms with Gasteiger partial charge in [0.15, 0.2) is 0 Å². The monoisotopic (exact) mass is 427 g/mol. The molecule has 0 amide bonds. The molecule has 0 aliphatic heterocycles. The summed E-state index contributed by atoms with van der Waals surface area (Å²) in [4.78, 5) is -0.0161. The zero-order valence-corrected chi connectivity index (χ0v) is 15.1. The Morgan fingerprint density at radius 2 is 1.32 bits per heavy atom. The fourth-order valence-corrected chi connectivity index (χ4v) is 3.63. The molecule has 0 bridgehead atoms. The second-order valence-electron chi connectivity index (χ2n) is 5.98. The third kappa shape index (κ3) is 4.01. The van der Waals surface area contributed by atoms with E-state index < -0.39 is 33.5 Å². The van der Waals surface area contributed by atoms with Crippen molar-refractivity contribution in [3.63, 3.8) is 0 Å². The van der Waals surface area contributed by atoms with E-state index in [9.17, 15) is 39.9 Å². The Balaban J connectivity index is 2.30. The first kappa shape index (κ1) is 22.2. The zero-order valence-electron chi connectivity index (χ0n) is 14.3. The van der Waals surface area contributed by atoms with Crippen molar-refractivity contribution in [1.82, 2.24) is 4.31 Å². The van der Waals surface area contributed by atoms with Crippen molar-refractivity contribution in [2.75, 3.05) is 7.05 Å². The highest BCUT2D eigenvalue weighted by atomic mass is 32.2. The standard InChI is InChI=1S/C17H15F6NO3S/c1-24(28(26,27)14-5-3-2-4-6-14)11-12-7-9-13(10-8-12)15(25,16(18,19)20)17(21,22)23/h2-10,25H,11H2,1H3. The van der Waals surface area contributed by atoms with Gasteiger partial charge >= 0.3 is 12.4 Å². The minimum absolute atomic E-state index is 0.0161. The Bertz CT molecular complexity index is 895. The summed E-state index contributed by atoms with van der Waals surface area (Å²) >= 11 is 0. The number of rotatable bonds is 5. The number of hydrogen-bond donors (Lipinski definition) is 1. The van der Waals surface area contributed by atoms with Crippen molar-refractivity contribution in [2.45, 2.75) is 29.4 Å². The van der Waals surface area contributed by atoms with E-state index in [0.29, 0.717) is 12.1 Å². The SMILES string of the molecule is CN(Cc1ccc(C(O)(C(F)(F)F)C(F)(F)F)cc1)S(=O)(=O)c1ccccc1. The molecule has 0 fully saturated rings.